The normalized spacial score (nSPS) is 11.7. The minimum Gasteiger partial charge on any atom is -0.493 e. The van der Waals surface area contributed by atoms with Crippen LogP contribution < -0.4 is 15.2 Å². The van der Waals surface area contributed by atoms with E-state index in [1.54, 1.807) is 37.4 Å². The molecule has 32 heavy (non-hydrogen) atoms. The molecule has 0 heterocycles. The summed E-state index contributed by atoms with van der Waals surface area (Å²) in [5.41, 5.74) is 8.48. The van der Waals surface area contributed by atoms with Crippen LogP contribution in [0.2, 0.25) is 15.1 Å². The van der Waals surface area contributed by atoms with E-state index in [9.17, 15) is 0 Å². The Labute approximate surface area is 206 Å². The molecule has 0 aliphatic heterocycles. The Balaban J connectivity index is 1.65. The van der Waals surface area contributed by atoms with Gasteiger partial charge >= 0.3 is 0 Å². The number of rotatable bonds is 8. The van der Waals surface area contributed by atoms with Gasteiger partial charge in [-0.15, -0.1) is 5.10 Å². The number of benzene rings is 3. The minimum atomic E-state index is 0.232. The molecule has 0 amide bonds. The molecular weight excluding hydrogens is 489 g/mol. The Morgan fingerprint density at radius 2 is 1.78 bits per heavy atom. The molecule has 3 aromatic rings. The van der Waals surface area contributed by atoms with E-state index in [0.29, 0.717) is 43.1 Å². The Hall–Kier alpha value is -2.38. The molecule has 0 unspecified atom stereocenters. The molecule has 0 aliphatic rings. The number of halogens is 3. The fraction of sp³-hybridized carbons (Fsp3) is 0.130. The van der Waals surface area contributed by atoms with Gasteiger partial charge in [-0.3, -0.25) is 0 Å². The zero-order valence-corrected chi connectivity index (χ0v) is 20.2. The van der Waals surface area contributed by atoms with Crippen LogP contribution in [0.25, 0.3) is 0 Å². The van der Waals surface area contributed by atoms with Crippen LogP contribution in [-0.4, -0.2) is 18.5 Å². The van der Waals surface area contributed by atoms with Crippen LogP contribution >= 0.6 is 46.6 Å². The minimum absolute atomic E-state index is 0.232. The van der Waals surface area contributed by atoms with Gasteiger partial charge < -0.3 is 15.2 Å². The first-order valence-corrected chi connectivity index (χ1v) is 11.6. The summed E-state index contributed by atoms with van der Waals surface area (Å²) in [6, 6.07) is 18.6. The Bertz CT molecular complexity index is 1120. The second kappa shape index (κ2) is 12.0. The molecular formula is C23H20Cl3N3O2S. The topological polar surface area (TPSA) is 69.2 Å². The van der Waals surface area contributed by atoms with Crippen molar-refractivity contribution in [3.05, 3.63) is 92.4 Å². The highest BCUT2D eigenvalue weighted by molar-refractivity contribution is 8.13. The fourth-order valence-electron chi connectivity index (χ4n) is 2.62. The Morgan fingerprint density at radius 1 is 1.00 bits per heavy atom. The highest BCUT2D eigenvalue weighted by atomic mass is 35.5. The van der Waals surface area contributed by atoms with Gasteiger partial charge in [-0.1, -0.05) is 83.0 Å². The quantitative estimate of drug-likeness (QED) is 0.206. The van der Waals surface area contributed by atoms with Gasteiger partial charge in [-0.2, -0.15) is 5.10 Å². The molecule has 166 valence electrons. The lowest BCUT2D eigenvalue weighted by atomic mass is 10.2. The monoisotopic (exact) mass is 507 g/mol. The van der Waals surface area contributed by atoms with E-state index in [0.717, 1.165) is 11.1 Å². The molecule has 0 aromatic heterocycles. The summed E-state index contributed by atoms with van der Waals surface area (Å²) in [6.45, 7) is 0.232. The summed E-state index contributed by atoms with van der Waals surface area (Å²) < 4.78 is 11.3. The van der Waals surface area contributed by atoms with Gasteiger partial charge in [0.2, 0.25) is 0 Å². The van der Waals surface area contributed by atoms with Gasteiger partial charge in [0.25, 0.3) is 0 Å². The summed E-state index contributed by atoms with van der Waals surface area (Å²) >= 11 is 19.9. The molecule has 0 radical (unpaired) electrons. The van der Waals surface area contributed by atoms with Crippen molar-refractivity contribution in [3.63, 3.8) is 0 Å². The maximum atomic E-state index is 6.39. The van der Waals surface area contributed by atoms with Gasteiger partial charge in [0.15, 0.2) is 16.7 Å². The second-order valence-corrected chi connectivity index (χ2v) is 8.75. The number of thioether (sulfide) groups is 1. The van der Waals surface area contributed by atoms with Gasteiger partial charge in [0, 0.05) is 33.0 Å². The zero-order valence-electron chi connectivity index (χ0n) is 17.1. The number of amidine groups is 1. The number of ether oxygens (including phenoxy) is 2. The Kier molecular flexibility index (Phi) is 9.11. The zero-order chi connectivity index (χ0) is 22.9. The SMILES string of the molecule is COc1cc(C=NN=C(N)SCc2ccccc2)c(Cl)cc1OCc1ccc(Cl)cc1Cl. The van der Waals surface area contributed by atoms with Gasteiger partial charge in [0.05, 0.1) is 18.3 Å². The first kappa shape index (κ1) is 24.3. The third kappa shape index (κ3) is 7.07. The highest BCUT2D eigenvalue weighted by Gasteiger charge is 2.11. The highest BCUT2D eigenvalue weighted by Crippen LogP contribution is 2.34. The van der Waals surface area contributed by atoms with Crippen LogP contribution in [-0.2, 0) is 12.4 Å². The summed E-state index contributed by atoms with van der Waals surface area (Å²) in [4.78, 5) is 0. The van der Waals surface area contributed by atoms with Crippen LogP contribution in [0.3, 0.4) is 0 Å². The summed E-state index contributed by atoms with van der Waals surface area (Å²) in [6.07, 6.45) is 1.51. The molecule has 0 saturated carbocycles. The van der Waals surface area contributed by atoms with Gasteiger partial charge in [-0.25, -0.2) is 0 Å². The van der Waals surface area contributed by atoms with Crippen molar-refractivity contribution in [1.82, 2.24) is 0 Å². The van der Waals surface area contributed by atoms with Gasteiger partial charge in [0.1, 0.15) is 6.61 Å². The van der Waals surface area contributed by atoms with Crippen molar-refractivity contribution < 1.29 is 9.47 Å². The third-order valence-electron chi connectivity index (χ3n) is 4.26. The van der Waals surface area contributed by atoms with Crippen molar-refractivity contribution in [3.8, 4) is 11.5 Å². The van der Waals surface area contributed by atoms with Crippen LogP contribution in [0.15, 0.2) is 70.9 Å². The summed E-state index contributed by atoms with van der Waals surface area (Å²) in [5, 5.41) is 9.92. The van der Waals surface area contributed by atoms with Crippen LogP contribution in [0.4, 0.5) is 0 Å². The van der Waals surface area contributed by atoms with Crippen molar-refractivity contribution in [1.29, 1.82) is 0 Å². The molecule has 5 nitrogen and oxygen atoms in total. The van der Waals surface area contributed by atoms with Crippen molar-refractivity contribution in [2.45, 2.75) is 12.4 Å². The van der Waals surface area contributed by atoms with E-state index in [4.69, 9.17) is 50.0 Å². The lowest BCUT2D eigenvalue weighted by molar-refractivity contribution is 0.284. The maximum Gasteiger partial charge on any atom is 0.180 e. The lowest BCUT2D eigenvalue weighted by Gasteiger charge is -2.13. The number of nitrogens with two attached hydrogens (primary N) is 1. The summed E-state index contributed by atoms with van der Waals surface area (Å²) in [7, 11) is 1.54. The second-order valence-electron chi connectivity index (χ2n) is 6.51. The molecule has 2 N–H and O–H groups in total. The van der Waals surface area contributed by atoms with Crippen LogP contribution in [0.5, 0.6) is 11.5 Å². The van der Waals surface area contributed by atoms with E-state index in [1.807, 2.05) is 30.3 Å². The molecule has 0 saturated heterocycles. The standard InChI is InChI=1S/C23H20Cl3N3O2S/c1-30-21-9-17(12-28-29-23(27)32-14-15-5-3-2-4-6-15)20(26)11-22(21)31-13-16-7-8-18(24)10-19(16)25/h2-12H,13-14H2,1H3,(H2,27,29). The molecule has 0 fully saturated rings. The molecule has 0 atom stereocenters. The molecule has 9 heteroatoms. The predicted molar refractivity (Wildman–Crippen MR) is 136 cm³/mol. The fourth-order valence-corrected chi connectivity index (χ4v) is 3.90. The number of hydrogen-bond donors (Lipinski definition) is 1. The predicted octanol–water partition coefficient (Wildman–Crippen LogP) is 6.82. The van der Waals surface area contributed by atoms with Crippen molar-refractivity contribution in [2.75, 3.05) is 7.11 Å². The number of methoxy groups -OCH3 is 1. The average molecular weight is 509 g/mol. The lowest BCUT2D eigenvalue weighted by Crippen LogP contribution is -2.06. The van der Waals surface area contributed by atoms with E-state index in [1.165, 1.54) is 18.0 Å². The first-order valence-electron chi connectivity index (χ1n) is 9.43. The number of hydrogen-bond acceptors (Lipinski definition) is 5. The van der Waals surface area contributed by atoms with Crippen molar-refractivity contribution in [2.24, 2.45) is 15.9 Å². The molecule has 3 aromatic carbocycles. The maximum absolute atomic E-state index is 6.39. The smallest absolute Gasteiger partial charge is 0.180 e. The van der Waals surface area contributed by atoms with Crippen LogP contribution in [0.1, 0.15) is 16.7 Å². The van der Waals surface area contributed by atoms with Crippen molar-refractivity contribution >= 4 is 57.9 Å². The third-order valence-corrected chi connectivity index (χ3v) is 6.03. The van der Waals surface area contributed by atoms with E-state index in [-0.39, 0.29) is 6.61 Å². The van der Waals surface area contributed by atoms with E-state index >= 15 is 0 Å². The average Bonchev–Trinajstić information content (AvgIpc) is 2.79. The molecule has 0 aliphatic carbocycles. The van der Waals surface area contributed by atoms with E-state index in [2.05, 4.69) is 10.2 Å². The number of nitrogens with zero attached hydrogens (tertiary/aromatic N) is 2. The molecule has 3 rings (SSSR count). The molecule has 0 spiro atoms. The summed E-state index contributed by atoms with van der Waals surface area (Å²) in [5.74, 6) is 1.68. The molecule has 0 bridgehead atoms. The Morgan fingerprint density at radius 3 is 2.50 bits per heavy atom. The van der Waals surface area contributed by atoms with E-state index < -0.39 is 0 Å². The van der Waals surface area contributed by atoms with Crippen LogP contribution in [0, 0.1) is 0 Å². The first-order chi connectivity index (χ1) is 15.5. The van der Waals surface area contributed by atoms with Gasteiger partial charge in [-0.05, 0) is 23.8 Å². The largest absolute Gasteiger partial charge is 0.493 e.